The third-order valence-electron chi connectivity index (χ3n) is 4.30. The van der Waals surface area contributed by atoms with Gasteiger partial charge in [0.25, 0.3) is 0 Å². The molecule has 2 rings (SSSR count). The van der Waals surface area contributed by atoms with Gasteiger partial charge in [-0.2, -0.15) is 0 Å². The Bertz CT molecular complexity index is 487. The summed E-state index contributed by atoms with van der Waals surface area (Å²) in [5, 5.41) is 0. The van der Waals surface area contributed by atoms with E-state index in [1.807, 2.05) is 43.0 Å². The molecule has 0 aliphatic carbocycles. The minimum atomic E-state index is -0.244. The number of nitrogens with zero attached hydrogens (tertiary/aromatic N) is 1. The molecular weight excluding hydrogens is 280 g/mol. The highest BCUT2D eigenvalue weighted by molar-refractivity contribution is 5.76. The standard InChI is InChI=1S/C16H26N4O2/c1-4-20(5-2)14(21)10-13-15(18-19-16(13)17)11-6-8-12(22-3)9-7-11/h6-9,13,15-16,18-19H,4-5,10,17H2,1-3H3. The molecule has 1 saturated heterocycles. The summed E-state index contributed by atoms with van der Waals surface area (Å²) in [5.41, 5.74) is 13.5. The first kappa shape index (κ1) is 16.7. The topological polar surface area (TPSA) is 79.6 Å². The molecule has 3 atom stereocenters. The second kappa shape index (κ2) is 7.58. The highest BCUT2D eigenvalue weighted by Crippen LogP contribution is 2.31. The normalized spacial score (nSPS) is 24.3. The lowest BCUT2D eigenvalue weighted by Gasteiger charge is -2.25. The minimum absolute atomic E-state index is 0.0143. The van der Waals surface area contributed by atoms with Gasteiger partial charge in [0.1, 0.15) is 5.75 Å². The smallest absolute Gasteiger partial charge is 0.223 e. The fourth-order valence-electron chi connectivity index (χ4n) is 2.90. The highest BCUT2D eigenvalue weighted by atomic mass is 16.5. The van der Waals surface area contributed by atoms with Crippen LogP contribution in [0.15, 0.2) is 24.3 Å². The van der Waals surface area contributed by atoms with Crippen LogP contribution in [-0.4, -0.2) is 37.2 Å². The number of hydrogen-bond acceptors (Lipinski definition) is 5. The van der Waals surface area contributed by atoms with Gasteiger partial charge >= 0.3 is 0 Å². The number of nitrogens with one attached hydrogen (secondary N) is 2. The van der Waals surface area contributed by atoms with E-state index in [0.717, 1.165) is 24.4 Å². The van der Waals surface area contributed by atoms with Crippen molar-refractivity contribution in [1.29, 1.82) is 0 Å². The average Bonchev–Trinajstić information content (AvgIpc) is 2.90. The third-order valence-corrected chi connectivity index (χ3v) is 4.30. The molecule has 122 valence electrons. The Hall–Kier alpha value is -1.63. The van der Waals surface area contributed by atoms with Gasteiger partial charge in [-0.15, -0.1) is 0 Å². The third kappa shape index (κ3) is 3.58. The zero-order valence-electron chi connectivity index (χ0n) is 13.5. The van der Waals surface area contributed by atoms with Crippen LogP contribution in [-0.2, 0) is 4.79 Å². The molecule has 0 radical (unpaired) electrons. The van der Waals surface area contributed by atoms with Crippen molar-refractivity contribution in [2.45, 2.75) is 32.5 Å². The van der Waals surface area contributed by atoms with Gasteiger partial charge in [-0.3, -0.25) is 4.79 Å². The zero-order valence-corrected chi connectivity index (χ0v) is 13.5. The van der Waals surface area contributed by atoms with E-state index in [2.05, 4.69) is 10.9 Å². The van der Waals surface area contributed by atoms with Crippen LogP contribution in [0.4, 0.5) is 0 Å². The zero-order chi connectivity index (χ0) is 16.1. The summed E-state index contributed by atoms with van der Waals surface area (Å²) in [6.45, 7) is 5.44. The van der Waals surface area contributed by atoms with Gasteiger partial charge < -0.3 is 15.4 Å². The maximum absolute atomic E-state index is 12.4. The summed E-state index contributed by atoms with van der Waals surface area (Å²) in [6.07, 6.45) is 0.186. The fraction of sp³-hybridized carbons (Fsp3) is 0.562. The van der Waals surface area contributed by atoms with Crippen LogP contribution in [0, 0.1) is 5.92 Å². The molecule has 0 aromatic heterocycles. The van der Waals surface area contributed by atoms with Gasteiger partial charge in [-0.05, 0) is 31.5 Å². The Balaban J connectivity index is 2.11. The number of carbonyl (C=O) groups is 1. The summed E-state index contributed by atoms with van der Waals surface area (Å²) >= 11 is 0. The van der Waals surface area contributed by atoms with Gasteiger partial charge in [0.2, 0.25) is 5.91 Å². The summed E-state index contributed by atoms with van der Waals surface area (Å²) in [6, 6.07) is 7.87. The molecule has 6 heteroatoms. The highest BCUT2D eigenvalue weighted by Gasteiger charge is 2.36. The van der Waals surface area contributed by atoms with Crippen LogP contribution >= 0.6 is 0 Å². The molecule has 0 bridgehead atoms. The summed E-state index contributed by atoms with van der Waals surface area (Å²) in [4.78, 5) is 14.2. The Morgan fingerprint density at radius 1 is 1.23 bits per heavy atom. The number of methoxy groups -OCH3 is 1. The predicted molar refractivity (Wildman–Crippen MR) is 86.0 cm³/mol. The molecule has 0 saturated carbocycles. The molecule has 6 nitrogen and oxygen atoms in total. The molecule has 1 heterocycles. The monoisotopic (exact) mass is 306 g/mol. The molecule has 0 spiro atoms. The molecule has 1 fully saturated rings. The Morgan fingerprint density at radius 2 is 1.86 bits per heavy atom. The van der Waals surface area contributed by atoms with E-state index in [0.29, 0.717) is 6.42 Å². The van der Waals surface area contributed by atoms with Crippen molar-refractivity contribution in [1.82, 2.24) is 15.8 Å². The van der Waals surface area contributed by atoms with Crippen molar-refractivity contribution in [2.75, 3.05) is 20.2 Å². The quantitative estimate of drug-likeness (QED) is 0.731. The van der Waals surface area contributed by atoms with Gasteiger partial charge in [-0.25, -0.2) is 10.9 Å². The van der Waals surface area contributed by atoms with Gasteiger partial charge in [0, 0.05) is 25.4 Å². The molecule has 22 heavy (non-hydrogen) atoms. The van der Waals surface area contributed by atoms with Crippen molar-refractivity contribution in [3.8, 4) is 5.75 Å². The molecule has 4 N–H and O–H groups in total. The number of nitrogens with two attached hydrogens (primary N) is 1. The second-order valence-electron chi connectivity index (χ2n) is 5.50. The fourth-order valence-corrected chi connectivity index (χ4v) is 2.90. The summed E-state index contributed by atoms with van der Waals surface area (Å²) in [7, 11) is 1.64. The summed E-state index contributed by atoms with van der Waals surface area (Å²) in [5.74, 6) is 0.978. The molecule has 1 aliphatic rings. The van der Waals surface area contributed by atoms with E-state index < -0.39 is 0 Å². The second-order valence-corrected chi connectivity index (χ2v) is 5.50. The van der Waals surface area contributed by atoms with E-state index in [1.54, 1.807) is 7.11 Å². The van der Waals surface area contributed by atoms with E-state index in [1.165, 1.54) is 0 Å². The number of rotatable bonds is 6. The van der Waals surface area contributed by atoms with Crippen LogP contribution in [0.2, 0.25) is 0 Å². The van der Waals surface area contributed by atoms with Crippen LogP contribution in [0.5, 0.6) is 5.75 Å². The summed E-state index contributed by atoms with van der Waals surface area (Å²) < 4.78 is 5.18. The lowest BCUT2D eigenvalue weighted by atomic mass is 9.89. The number of hydrogen-bond donors (Lipinski definition) is 3. The minimum Gasteiger partial charge on any atom is -0.497 e. The van der Waals surface area contributed by atoms with E-state index in [9.17, 15) is 4.79 Å². The van der Waals surface area contributed by atoms with Crippen molar-refractivity contribution < 1.29 is 9.53 Å². The maximum Gasteiger partial charge on any atom is 0.223 e. The number of benzene rings is 1. The van der Waals surface area contributed by atoms with Gasteiger partial charge in [0.05, 0.1) is 19.3 Å². The van der Waals surface area contributed by atoms with Gasteiger partial charge in [-0.1, -0.05) is 12.1 Å². The number of amides is 1. The molecule has 3 unspecified atom stereocenters. The van der Waals surface area contributed by atoms with Crippen molar-refractivity contribution >= 4 is 5.91 Å². The molecular formula is C16H26N4O2. The van der Waals surface area contributed by atoms with Crippen LogP contribution in [0.3, 0.4) is 0 Å². The van der Waals surface area contributed by atoms with Crippen molar-refractivity contribution in [3.05, 3.63) is 29.8 Å². The van der Waals surface area contributed by atoms with E-state index in [4.69, 9.17) is 10.5 Å². The average molecular weight is 306 g/mol. The Morgan fingerprint density at radius 3 is 2.41 bits per heavy atom. The van der Waals surface area contributed by atoms with Crippen molar-refractivity contribution in [3.63, 3.8) is 0 Å². The van der Waals surface area contributed by atoms with Gasteiger partial charge in [0.15, 0.2) is 0 Å². The largest absolute Gasteiger partial charge is 0.497 e. The SMILES string of the molecule is CCN(CC)C(=O)CC1C(N)NNC1c1ccc(OC)cc1. The molecule has 1 aliphatic heterocycles. The van der Waals surface area contributed by atoms with E-state index in [-0.39, 0.29) is 24.0 Å². The number of ether oxygens (including phenoxy) is 1. The predicted octanol–water partition coefficient (Wildman–Crippen LogP) is 1.00. The first-order valence-corrected chi connectivity index (χ1v) is 7.79. The molecule has 1 aromatic rings. The van der Waals surface area contributed by atoms with E-state index >= 15 is 0 Å². The Kier molecular flexibility index (Phi) is 5.76. The molecule has 1 amide bonds. The Labute approximate surface area is 132 Å². The van der Waals surface area contributed by atoms with Crippen LogP contribution < -0.4 is 21.3 Å². The van der Waals surface area contributed by atoms with Crippen LogP contribution in [0.25, 0.3) is 0 Å². The molecule has 1 aromatic carbocycles. The lowest BCUT2D eigenvalue weighted by Crippen LogP contribution is -2.41. The number of hydrazine groups is 1. The first-order valence-electron chi connectivity index (χ1n) is 7.79. The lowest BCUT2D eigenvalue weighted by molar-refractivity contribution is -0.132. The number of carbonyl (C=O) groups excluding carboxylic acids is 1. The van der Waals surface area contributed by atoms with Crippen LogP contribution in [0.1, 0.15) is 31.9 Å². The maximum atomic E-state index is 12.4. The first-order chi connectivity index (χ1) is 10.6. The van der Waals surface area contributed by atoms with Crippen molar-refractivity contribution in [2.24, 2.45) is 11.7 Å².